The van der Waals surface area contributed by atoms with Crippen molar-refractivity contribution in [3.8, 4) is 33.4 Å². The summed E-state index contributed by atoms with van der Waals surface area (Å²) < 4.78 is 2.63. The second-order valence-electron chi connectivity index (χ2n) is 12.9. The van der Waals surface area contributed by atoms with E-state index in [9.17, 15) is 0 Å². The standard InChI is InChI=1S/C45H33NS/c1-45(2)38-23-11-9-19-34(38)37-22-14-25-40(44(37)45)46(32-17-7-4-8-18-32)39-24-13-21-33(30-15-5-3-6-16-30)43(39)31-27-28-36-35-20-10-12-26-41(35)47-42(36)29-31/h3-29H,1-2H3. The van der Waals surface area contributed by atoms with E-state index in [-0.39, 0.29) is 5.41 Å². The first-order valence-corrected chi connectivity index (χ1v) is 17.1. The Balaban J connectivity index is 1.36. The van der Waals surface area contributed by atoms with Crippen molar-refractivity contribution in [3.05, 3.63) is 175 Å². The summed E-state index contributed by atoms with van der Waals surface area (Å²) in [6.45, 7) is 4.75. The molecule has 224 valence electrons. The molecule has 0 atom stereocenters. The molecule has 0 saturated carbocycles. The molecule has 0 aliphatic heterocycles. The molecule has 1 aromatic heterocycles. The Bertz CT molecular complexity index is 2440. The van der Waals surface area contributed by atoms with Crippen LogP contribution < -0.4 is 4.90 Å². The van der Waals surface area contributed by atoms with Gasteiger partial charge in [-0.1, -0.05) is 141 Å². The molecule has 0 radical (unpaired) electrons. The smallest absolute Gasteiger partial charge is 0.0546 e. The maximum Gasteiger partial charge on any atom is 0.0546 e. The molecule has 47 heavy (non-hydrogen) atoms. The Hall–Kier alpha value is -5.44. The number of nitrogens with zero attached hydrogens (tertiary/aromatic N) is 1. The molecule has 1 aliphatic carbocycles. The number of anilines is 3. The fraction of sp³-hybridized carbons (Fsp3) is 0.0667. The van der Waals surface area contributed by atoms with E-state index in [0.717, 1.165) is 11.4 Å². The van der Waals surface area contributed by atoms with Gasteiger partial charge in [-0.05, 0) is 75.3 Å². The molecule has 0 N–H and O–H groups in total. The van der Waals surface area contributed by atoms with Gasteiger partial charge in [0.1, 0.15) is 0 Å². The Kier molecular flexibility index (Phi) is 6.41. The molecule has 0 fully saturated rings. The predicted molar refractivity (Wildman–Crippen MR) is 202 cm³/mol. The largest absolute Gasteiger partial charge is 0.310 e. The lowest BCUT2D eigenvalue weighted by Crippen LogP contribution is -2.21. The van der Waals surface area contributed by atoms with Crippen LogP contribution in [0.4, 0.5) is 17.1 Å². The van der Waals surface area contributed by atoms with E-state index >= 15 is 0 Å². The van der Waals surface area contributed by atoms with Gasteiger partial charge < -0.3 is 4.90 Å². The Morgan fingerprint density at radius 2 is 1.11 bits per heavy atom. The molecule has 1 aliphatic rings. The normalized spacial score (nSPS) is 13.1. The molecule has 9 rings (SSSR count). The van der Waals surface area contributed by atoms with E-state index in [1.165, 1.54) is 70.4 Å². The van der Waals surface area contributed by atoms with E-state index in [1.54, 1.807) is 0 Å². The molecule has 0 unspecified atom stereocenters. The Morgan fingerprint density at radius 3 is 1.94 bits per heavy atom. The lowest BCUT2D eigenvalue weighted by molar-refractivity contribution is 0.661. The minimum absolute atomic E-state index is 0.164. The Labute approximate surface area is 280 Å². The van der Waals surface area contributed by atoms with Gasteiger partial charge in [0, 0.05) is 36.8 Å². The van der Waals surface area contributed by atoms with E-state index in [2.05, 4.69) is 183 Å². The van der Waals surface area contributed by atoms with Gasteiger partial charge >= 0.3 is 0 Å². The second kappa shape index (κ2) is 10.8. The number of hydrogen-bond donors (Lipinski definition) is 0. The summed E-state index contributed by atoms with van der Waals surface area (Å²) >= 11 is 1.87. The van der Waals surface area contributed by atoms with Crippen LogP contribution in [0.15, 0.2) is 164 Å². The van der Waals surface area contributed by atoms with Gasteiger partial charge in [-0.2, -0.15) is 0 Å². The number of rotatable bonds is 5. The number of thiophene rings is 1. The van der Waals surface area contributed by atoms with Crippen LogP contribution in [0, 0.1) is 0 Å². The first-order valence-electron chi connectivity index (χ1n) is 16.3. The van der Waals surface area contributed by atoms with Crippen molar-refractivity contribution in [2.45, 2.75) is 19.3 Å². The van der Waals surface area contributed by atoms with Gasteiger partial charge in [-0.15, -0.1) is 11.3 Å². The molecule has 1 nitrogen and oxygen atoms in total. The van der Waals surface area contributed by atoms with Crippen LogP contribution in [0.2, 0.25) is 0 Å². The van der Waals surface area contributed by atoms with Crippen molar-refractivity contribution in [2.75, 3.05) is 4.90 Å². The van der Waals surface area contributed by atoms with E-state index in [4.69, 9.17) is 0 Å². The van der Waals surface area contributed by atoms with Gasteiger partial charge in [0.2, 0.25) is 0 Å². The number of benzene rings is 7. The van der Waals surface area contributed by atoms with Gasteiger partial charge in [0.05, 0.1) is 11.4 Å². The third-order valence-electron chi connectivity index (χ3n) is 9.85. The maximum absolute atomic E-state index is 2.50. The zero-order valence-electron chi connectivity index (χ0n) is 26.4. The lowest BCUT2D eigenvalue weighted by Gasteiger charge is -2.34. The summed E-state index contributed by atoms with van der Waals surface area (Å²) in [4.78, 5) is 2.50. The third-order valence-corrected chi connectivity index (χ3v) is 11.0. The van der Waals surface area contributed by atoms with Crippen LogP contribution in [0.3, 0.4) is 0 Å². The van der Waals surface area contributed by atoms with Crippen molar-refractivity contribution in [1.29, 1.82) is 0 Å². The highest BCUT2D eigenvalue weighted by atomic mass is 32.1. The van der Waals surface area contributed by atoms with Gasteiger partial charge in [0.25, 0.3) is 0 Å². The fourth-order valence-corrected chi connectivity index (χ4v) is 8.91. The van der Waals surface area contributed by atoms with E-state index < -0.39 is 0 Å². The SMILES string of the molecule is CC1(C)c2ccccc2-c2cccc(N(c3ccccc3)c3cccc(-c4ccccc4)c3-c3ccc4c(c3)sc3ccccc34)c21. The van der Waals surface area contributed by atoms with E-state index in [0.29, 0.717) is 0 Å². The summed E-state index contributed by atoms with van der Waals surface area (Å²) in [5.41, 5.74) is 13.6. The predicted octanol–water partition coefficient (Wildman–Crippen LogP) is 13.2. The van der Waals surface area contributed by atoms with E-state index in [1.807, 2.05) is 11.3 Å². The molecule has 7 aromatic carbocycles. The van der Waals surface area contributed by atoms with Crippen LogP contribution in [0.1, 0.15) is 25.0 Å². The van der Waals surface area contributed by atoms with Gasteiger partial charge in [-0.25, -0.2) is 0 Å². The van der Waals surface area contributed by atoms with Crippen LogP contribution in [-0.4, -0.2) is 0 Å². The van der Waals surface area contributed by atoms with Gasteiger partial charge in [0.15, 0.2) is 0 Å². The molecule has 8 aromatic rings. The minimum Gasteiger partial charge on any atom is -0.310 e. The molecular weight excluding hydrogens is 587 g/mol. The van der Waals surface area contributed by atoms with Crippen molar-refractivity contribution in [1.82, 2.24) is 0 Å². The first kappa shape index (κ1) is 27.8. The summed E-state index contributed by atoms with van der Waals surface area (Å²) in [5, 5.41) is 2.64. The highest BCUT2D eigenvalue weighted by molar-refractivity contribution is 7.25. The lowest BCUT2D eigenvalue weighted by atomic mass is 9.81. The van der Waals surface area contributed by atoms with Crippen molar-refractivity contribution in [2.24, 2.45) is 0 Å². The molecule has 0 spiro atoms. The molecule has 0 saturated heterocycles. The van der Waals surface area contributed by atoms with Gasteiger partial charge in [-0.3, -0.25) is 0 Å². The monoisotopic (exact) mass is 619 g/mol. The number of hydrogen-bond acceptors (Lipinski definition) is 2. The zero-order valence-corrected chi connectivity index (χ0v) is 27.3. The molecule has 0 amide bonds. The second-order valence-corrected chi connectivity index (χ2v) is 14.0. The van der Waals surface area contributed by atoms with Crippen molar-refractivity contribution < 1.29 is 0 Å². The topological polar surface area (TPSA) is 3.24 Å². The molecule has 2 heteroatoms. The zero-order chi connectivity index (χ0) is 31.5. The van der Waals surface area contributed by atoms with Crippen LogP contribution >= 0.6 is 11.3 Å². The molecule has 0 bridgehead atoms. The quantitative estimate of drug-likeness (QED) is 0.185. The molecule has 1 heterocycles. The number of fused-ring (bicyclic) bond motifs is 6. The summed E-state index contributed by atoms with van der Waals surface area (Å²) in [5.74, 6) is 0. The Morgan fingerprint density at radius 1 is 0.468 bits per heavy atom. The fourth-order valence-electron chi connectivity index (χ4n) is 7.76. The van der Waals surface area contributed by atoms with Crippen LogP contribution in [0.5, 0.6) is 0 Å². The summed E-state index contributed by atoms with van der Waals surface area (Å²) in [7, 11) is 0. The average Bonchev–Trinajstić information content (AvgIpc) is 3.61. The minimum atomic E-state index is -0.164. The maximum atomic E-state index is 2.50. The van der Waals surface area contributed by atoms with Crippen LogP contribution in [-0.2, 0) is 5.41 Å². The highest BCUT2D eigenvalue weighted by Gasteiger charge is 2.39. The highest BCUT2D eigenvalue weighted by Crippen LogP contribution is 2.55. The molecular formula is C45H33NS. The van der Waals surface area contributed by atoms with Crippen molar-refractivity contribution >= 4 is 48.6 Å². The van der Waals surface area contributed by atoms with Crippen molar-refractivity contribution in [3.63, 3.8) is 0 Å². The third kappa shape index (κ3) is 4.36. The summed E-state index contributed by atoms with van der Waals surface area (Å²) in [6.07, 6.45) is 0. The number of para-hydroxylation sites is 1. The van der Waals surface area contributed by atoms with Crippen LogP contribution in [0.25, 0.3) is 53.6 Å². The summed E-state index contributed by atoms with van der Waals surface area (Å²) in [6, 6.07) is 60.1. The average molecular weight is 620 g/mol. The first-order chi connectivity index (χ1) is 23.1.